The number of aryl methyl sites for hydroxylation is 2. The molecule has 2 heterocycles. The van der Waals surface area contributed by atoms with E-state index in [4.69, 9.17) is 4.42 Å². The zero-order valence-corrected chi connectivity index (χ0v) is 11.4. The molecule has 0 aliphatic carbocycles. The minimum Gasteiger partial charge on any atom is -0.465 e. The summed E-state index contributed by atoms with van der Waals surface area (Å²) in [6, 6.07) is 0. The number of aliphatic hydroxyl groups is 1. The van der Waals surface area contributed by atoms with E-state index in [0.717, 1.165) is 0 Å². The molecule has 19 heavy (non-hydrogen) atoms. The van der Waals surface area contributed by atoms with Gasteiger partial charge in [-0.1, -0.05) is 0 Å². The molecule has 0 radical (unpaired) electrons. The molecule has 8 heteroatoms. The van der Waals surface area contributed by atoms with Crippen molar-refractivity contribution in [3.05, 3.63) is 35.3 Å². The number of furan rings is 1. The number of aromatic nitrogens is 2. The Hall–Kier alpha value is -1.64. The number of rotatable bonds is 5. The summed E-state index contributed by atoms with van der Waals surface area (Å²) in [4.78, 5) is 6.61. The van der Waals surface area contributed by atoms with Crippen LogP contribution in [0.3, 0.4) is 0 Å². The van der Waals surface area contributed by atoms with E-state index in [-0.39, 0.29) is 29.4 Å². The summed E-state index contributed by atoms with van der Waals surface area (Å²) in [5, 5.41) is 9.26. The van der Waals surface area contributed by atoms with Gasteiger partial charge < -0.3 is 14.5 Å². The summed E-state index contributed by atoms with van der Waals surface area (Å²) in [7, 11) is -3.74. The fourth-order valence-electron chi connectivity index (χ4n) is 1.87. The molecule has 0 aromatic carbocycles. The smallest absolute Gasteiger partial charge is 0.244 e. The molecule has 3 N–H and O–H groups in total. The number of nitrogens with one attached hydrogen (secondary N) is 2. The van der Waals surface area contributed by atoms with Crippen LogP contribution in [0.15, 0.2) is 21.8 Å². The molecule has 0 unspecified atom stereocenters. The van der Waals surface area contributed by atoms with Crippen LogP contribution in [0.5, 0.6) is 0 Å². The van der Waals surface area contributed by atoms with Gasteiger partial charge in [-0.2, -0.15) is 0 Å². The van der Waals surface area contributed by atoms with Crippen molar-refractivity contribution in [1.82, 2.24) is 14.7 Å². The Morgan fingerprint density at radius 1 is 1.42 bits per heavy atom. The average molecular weight is 285 g/mol. The molecule has 2 aromatic heterocycles. The van der Waals surface area contributed by atoms with E-state index < -0.39 is 10.0 Å². The van der Waals surface area contributed by atoms with Gasteiger partial charge in [0.1, 0.15) is 16.4 Å². The highest BCUT2D eigenvalue weighted by molar-refractivity contribution is 7.89. The highest BCUT2D eigenvalue weighted by atomic mass is 32.2. The Balaban J connectivity index is 2.29. The summed E-state index contributed by atoms with van der Waals surface area (Å²) < 4.78 is 32.1. The maximum absolute atomic E-state index is 12.2. The first-order chi connectivity index (χ1) is 8.95. The van der Waals surface area contributed by atoms with Crippen LogP contribution >= 0.6 is 0 Å². The fourth-order valence-corrected chi connectivity index (χ4v) is 3.31. The van der Waals surface area contributed by atoms with Crippen molar-refractivity contribution in [2.24, 2.45) is 0 Å². The molecule has 0 fully saturated rings. The van der Waals surface area contributed by atoms with E-state index in [1.165, 1.54) is 12.5 Å². The van der Waals surface area contributed by atoms with Crippen LogP contribution < -0.4 is 4.72 Å². The SMILES string of the molecule is Cc1oc(C)c(S(=O)(=O)NCc2cnc[nH]2)c1CO. The number of imidazole rings is 1. The van der Waals surface area contributed by atoms with Crippen molar-refractivity contribution in [3.63, 3.8) is 0 Å². The third kappa shape index (κ3) is 2.70. The molecule has 2 rings (SSSR count). The zero-order valence-electron chi connectivity index (χ0n) is 10.6. The summed E-state index contributed by atoms with van der Waals surface area (Å²) in [5.41, 5.74) is 0.932. The lowest BCUT2D eigenvalue weighted by Crippen LogP contribution is -2.24. The molecule has 2 aromatic rings. The quantitative estimate of drug-likeness (QED) is 0.745. The predicted octanol–water partition coefficient (Wildman–Crippen LogP) is 0.590. The van der Waals surface area contributed by atoms with Gasteiger partial charge >= 0.3 is 0 Å². The molecular formula is C11H15N3O4S. The molecule has 0 spiro atoms. The van der Waals surface area contributed by atoms with Crippen molar-refractivity contribution in [1.29, 1.82) is 0 Å². The second-order valence-corrected chi connectivity index (χ2v) is 5.79. The number of hydrogen-bond donors (Lipinski definition) is 3. The van der Waals surface area contributed by atoms with Crippen LogP contribution in [0.25, 0.3) is 0 Å². The zero-order chi connectivity index (χ0) is 14.0. The third-order valence-corrected chi connectivity index (χ3v) is 4.36. The molecule has 0 atom stereocenters. The van der Waals surface area contributed by atoms with Gasteiger partial charge in [-0.3, -0.25) is 0 Å². The van der Waals surface area contributed by atoms with Crippen LogP contribution in [0.1, 0.15) is 22.8 Å². The minimum atomic E-state index is -3.74. The van der Waals surface area contributed by atoms with Gasteiger partial charge in [0.25, 0.3) is 0 Å². The van der Waals surface area contributed by atoms with E-state index in [9.17, 15) is 13.5 Å². The van der Waals surface area contributed by atoms with Crippen molar-refractivity contribution in [3.8, 4) is 0 Å². The summed E-state index contributed by atoms with van der Waals surface area (Å²) in [6.07, 6.45) is 3.00. The number of aromatic amines is 1. The van der Waals surface area contributed by atoms with Gasteiger partial charge in [-0.15, -0.1) is 0 Å². The first kappa shape index (κ1) is 13.8. The van der Waals surface area contributed by atoms with Crippen LogP contribution in [0.2, 0.25) is 0 Å². The molecule has 7 nitrogen and oxygen atoms in total. The normalized spacial score (nSPS) is 11.9. The summed E-state index contributed by atoms with van der Waals surface area (Å²) in [6.45, 7) is 2.88. The van der Waals surface area contributed by atoms with Gasteiger partial charge in [-0.05, 0) is 13.8 Å². The lowest BCUT2D eigenvalue weighted by Gasteiger charge is -2.06. The molecule has 0 saturated heterocycles. The Morgan fingerprint density at radius 3 is 2.74 bits per heavy atom. The Kier molecular flexibility index (Phi) is 3.74. The van der Waals surface area contributed by atoms with Gasteiger partial charge in [0, 0.05) is 17.5 Å². The van der Waals surface area contributed by atoms with E-state index >= 15 is 0 Å². The number of aliphatic hydroxyl groups excluding tert-OH is 1. The maximum atomic E-state index is 12.2. The number of hydrogen-bond acceptors (Lipinski definition) is 5. The van der Waals surface area contributed by atoms with Crippen molar-refractivity contribution in [2.45, 2.75) is 31.9 Å². The second kappa shape index (κ2) is 5.16. The lowest BCUT2D eigenvalue weighted by atomic mass is 10.2. The van der Waals surface area contributed by atoms with E-state index in [1.807, 2.05) is 0 Å². The largest absolute Gasteiger partial charge is 0.465 e. The summed E-state index contributed by atoms with van der Waals surface area (Å²) >= 11 is 0. The van der Waals surface area contributed by atoms with Gasteiger partial charge in [-0.25, -0.2) is 18.1 Å². The van der Waals surface area contributed by atoms with Crippen LogP contribution in [-0.2, 0) is 23.2 Å². The standard InChI is InChI=1S/C11H15N3O4S/c1-7-10(5-15)11(8(2)18-7)19(16,17)14-4-9-3-12-6-13-9/h3,6,14-15H,4-5H2,1-2H3,(H,12,13). The topological polar surface area (TPSA) is 108 Å². The second-order valence-electron chi connectivity index (χ2n) is 4.08. The molecule has 104 valence electrons. The molecule has 0 amide bonds. The number of H-pyrrole nitrogens is 1. The Bertz CT molecular complexity index is 658. The lowest BCUT2D eigenvalue weighted by molar-refractivity contribution is 0.276. The first-order valence-corrected chi connectivity index (χ1v) is 7.10. The number of sulfonamides is 1. The van der Waals surface area contributed by atoms with Crippen LogP contribution in [-0.4, -0.2) is 23.5 Å². The van der Waals surface area contributed by atoms with Gasteiger partial charge in [0.15, 0.2) is 0 Å². The van der Waals surface area contributed by atoms with E-state index in [0.29, 0.717) is 11.5 Å². The third-order valence-electron chi connectivity index (χ3n) is 2.76. The van der Waals surface area contributed by atoms with E-state index in [1.54, 1.807) is 13.8 Å². The molecular weight excluding hydrogens is 270 g/mol. The highest BCUT2D eigenvalue weighted by Gasteiger charge is 2.26. The molecule has 0 aliphatic rings. The minimum absolute atomic E-state index is 0.00650. The monoisotopic (exact) mass is 285 g/mol. The van der Waals surface area contributed by atoms with Crippen molar-refractivity contribution >= 4 is 10.0 Å². The van der Waals surface area contributed by atoms with Crippen LogP contribution in [0, 0.1) is 13.8 Å². The van der Waals surface area contributed by atoms with Crippen LogP contribution in [0.4, 0.5) is 0 Å². The van der Waals surface area contributed by atoms with Gasteiger partial charge in [0.05, 0.1) is 19.5 Å². The average Bonchev–Trinajstić information content (AvgIpc) is 2.94. The molecule has 0 aliphatic heterocycles. The maximum Gasteiger partial charge on any atom is 0.244 e. The first-order valence-electron chi connectivity index (χ1n) is 5.62. The van der Waals surface area contributed by atoms with Gasteiger partial charge in [0.2, 0.25) is 10.0 Å². The molecule has 0 saturated carbocycles. The Morgan fingerprint density at radius 2 is 2.16 bits per heavy atom. The predicted molar refractivity (Wildman–Crippen MR) is 66.7 cm³/mol. The molecule has 0 bridgehead atoms. The highest BCUT2D eigenvalue weighted by Crippen LogP contribution is 2.26. The number of nitrogens with zero attached hydrogens (tertiary/aromatic N) is 1. The Labute approximate surface area is 110 Å². The van der Waals surface area contributed by atoms with Crippen molar-refractivity contribution < 1.29 is 17.9 Å². The summed E-state index contributed by atoms with van der Waals surface area (Å²) in [5.74, 6) is 0.667. The van der Waals surface area contributed by atoms with Crippen molar-refractivity contribution in [2.75, 3.05) is 0 Å². The fraction of sp³-hybridized carbons (Fsp3) is 0.364. The van der Waals surface area contributed by atoms with E-state index in [2.05, 4.69) is 14.7 Å².